The quantitative estimate of drug-likeness (QED) is 0.612. The topological polar surface area (TPSA) is 108 Å². The number of carboxylic acids is 1. The Balaban J connectivity index is 1.94. The zero-order valence-electron chi connectivity index (χ0n) is 13.0. The molecule has 0 aliphatic carbocycles. The minimum atomic E-state index is -1.11. The average molecular weight is 368 g/mol. The first-order valence-corrected chi connectivity index (χ1v) is 7.91. The number of benzene rings is 2. The number of hydrogen-bond donors (Lipinski definition) is 3. The molecule has 0 unspecified atom stereocenters. The van der Waals surface area contributed by atoms with Crippen molar-refractivity contribution in [3.8, 4) is 0 Å². The Bertz CT molecular complexity index is 1130. The van der Waals surface area contributed by atoms with E-state index < -0.39 is 17.7 Å². The minimum absolute atomic E-state index is 0.0309. The predicted octanol–water partition coefficient (Wildman–Crippen LogP) is 3.46. The molecule has 0 saturated carbocycles. The summed E-state index contributed by atoms with van der Waals surface area (Å²) < 4.78 is 0. The van der Waals surface area contributed by atoms with Crippen molar-refractivity contribution in [3.63, 3.8) is 0 Å². The molecule has 0 radical (unpaired) electrons. The van der Waals surface area contributed by atoms with Crippen LogP contribution in [0.1, 0.15) is 20.7 Å². The van der Waals surface area contributed by atoms with Gasteiger partial charge in [0.2, 0.25) is 0 Å². The van der Waals surface area contributed by atoms with Crippen molar-refractivity contribution in [3.05, 3.63) is 58.6 Å². The molecule has 0 saturated heterocycles. The number of halogens is 1. The second kappa shape index (κ2) is 5.82. The molecular weight excluding hydrogens is 358 g/mol. The summed E-state index contributed by atoms with van der Waals surface area (Å²) in [6.45, 7) is 0. The smallest absolute Gasteiger partial charge is 0.335 e. The Morgan fingerprint density at radius 3 is 2.69 bits per heavy atom. The lowest BCUT2D eigenvalue weighted by Crippen LogP contribution is -2.12. The lowest BCUT2D eigenvalue weighted by atomic mass is 10.0. The molecule has 0 fully saturated rings. The highest BCUT2D eigenvalue weighted by molar-refractivity contribution is 6.54. The lowest BCUT2D eigenvalue weighted by molar-refractivity contribution is -0.112. The van der Waals surface area contributed by atoms with Crippen LogP contribution < -0.4 is 10.6 Å². The van der Waals surface area contributed by atoms with E-state index in [0.29, 0.717) is 16.1 Å². The molecule has 4 rings (SSSR count). The Morgan fingerprint density at radius 1 is 1.15 bits per heavy atom. The van der Waals surface area contributed by atoms with Gasteiger partial charge in [-0.05, 0) is 30.3 Å². The monoisotopic (exact) mass is 367 g/mol. The summed E-state index contributed by atoms with van der Waals surface area (Å²) >= 11 is 5.98. The minimum Gasteiger partial charge on any atom is -0.478 e. The van der Waals surface area contributed by atoms with Crippen LogP contribution in [-0.2, 0) is 4.79 Å². The molecule has 26 heavy (non-hydrogen) atoms. The van der Waals surface area contributed by atoms with Crippen molar-refractivity contribution >= 4 is 57.4 Å². The van der Waals surface area contributed by atoms with Crippen molar-refractivity contribution in [1.82, 2.24) is 4.98 Å². The van der Waals surface area contributed by atoms with E-state index in [-0.39, 0.29) is 28.1 Å². The SMILES string of the molecule is O=C1Nc2c(Nc3cccc(Cl)c3)nc3cc(C(=O)O)ccc3c2C1=O. The Morgan fingerprint density at radius 2 is 1.96 bits per heavy atom. The number of anilines is 3. The third kappa shape index (κ3) is 2.55. The van der Waals surface area contributed by atoms with E-state index in [4.69, 9.17) is 11.6 Å². The first-order chi connectivity index (χ1) is 12.4. The van der Waals surface area contributed by atoms with Crippen LogP contribution in [0.5, 0.6) is 0 Å². The van der Waals surface area contributed by atoms with Gasteiger partial charge in [0.15, 0.2) is 5.82 Å². The molecule has 1 aliphatic rings. The highest BCUT2D eigenvalue weighted by atomic mass is 35.5. The fraction of sp³-hybridized carbons (Fsp3) is 0. The number of aromatic nitrogens is 1. The van der Waals surface area contributed by atoms with Gasteiger partial charge < -0.3 is 15.7 Å². The average Bonchev–Trinajstić information content (AvgIpc) is 2.90. The van der Waals surface area contributed by atoms with E-state index in [0.717, 1.165) is 0 Å². The lowest BCUT2D eigenvalue weighted by Gasteiger charge is -2.12. The molecular formula is C18H10ClN3O4. The van der Waals surface area contributed by atoms with Crippen molar-refractivity contribution in [1.29, 1.82) is 0 Å². The number of aromatic carboxylic acids is 1. The van der Waals surface area contributed by atoms with Crippen molar-refractivity contribution in [2.75, 3.05) is 10.6 Å². The summed E-state index contributed by atoms with van der Waals surface area (Å²) in [5.41, 5.74) is 1.35. The van der Waals surface area contributed by atoms with E-state index in [1.165, 1.54) is 18.2 Å². The number of pyridine rings is 1. The van der Waals surface area contributed by atoms with Crippen LogP contribution in [-0.4, -0.2) is 27.8 Å². The maximum Gasteiger partial charge on any atom is 0.335 e. The number of nitrogens with zero attached hydrogens (tertiary/aromatic N) is 1. The van der Waals surface area contributed by atoms with Crippen molar-refractivity contribution < 1.29 is 19.5 Å². The van der Waals surface area contributed by atoms with Gasteiger partial charge in [-0.25, -0.2) is 9.78 Å². The second-order valence-electron chi connectivity index (χ2n) is 5.67. The summed E-state index contributed by atoms with van der Waals surface area (Å²) in [6.07, 6.45) is 0. The molecule has 1 aromatic heterocycles. The number of carboxylic acid groups (broad SMARTS) is 1. The van der Waals surface area contributed by atoms with E-state index in [1.54, 1.807) is 24.3 Å². The Hall–Kier alpha value is -3.45. The zero-order chi connectivity index (χ0) is 18.4. The Kier molecular flexibility index (Phi) is 3.59. The maximum atomic E-state index is 12.3. The normalized spacial score (nSPS) is 12.8. The number of ketones is 1. The molecule has 0 bridgehead atoms. The van der Waals surface area contributed by atoms with Crippen LogP contribution in [0.25, 0.3) is 10.9 Å². The van der Waals surface area contributed by atoms with Crippen LogP contribution in [0.3, 0.4) is 0 Å². The number of rotatable bonds is 3. The first-order valence-electron chi connectivity index (χ1n) is 7.53. The largest absolute Gasteiger partial charge is 0.478 e. The van der Waals surface area contributed by atoms with Gasteiger partial charge in [0.25, 0.3) is 11.7 Å². The number of Topliss-reactive ketones (excluding diaryl/α,β-unsaturated/α-hetero) is 1. The molecule has 3 aromatic rings. The van der Waals surface area contributed by atoms with Crippen LogP contribution in [0.4, 0.5) is 17.2 Å². The molecule has 2 heterocycles. The number of amides is 1. The van der Waals surface area contributed by atoms with Gasteiger partial charge in [0.1, 0.15) is 0 Å². The number of fused-ring (bicyclic) bond motifs is 3. The molecule has 0 spiro atoms. The van der Waals surface area contributed by atoms with Crippen LogP contribution in [0.2, 0.25) is 5.02 Å². The third-order valence-corrected chi connectivity index (χ3v) is 4.23. The van der Waals surface area contributed by atoms with Gasteiger partial charge in [-0.2, -0.15) is 0 Å². The predicted molar refractivity (Wildman–Crippen MR) is 96.4 cm³/mol. The van der Waals surface area contributed by atoms with Crippen LogP contribution in [0.15, 0.2) is 42.5 Å². The molecule has 128 valence electrons. The highest BCUT2D eigenvalue weighted by Gasteiger charge is 2.33. The summed E-state index contributed by atoms with van der Waals surface area (Å²) in [5.74, 6) is -2.33. The van der Waals surface area contributed by atoms with E-state index in [2.05, 4.69) is 15.6 Å². The molecule has 3 N–H and O–H groups in total. The number of nitrogens with one attached hydrogen (secondary N) is 2. The van der Waals surface area contributed by atoms with Crippen molar-refractivity contribution in [2.45, 2.75) is 0 Å². The summed E-state index contributed by atoms with van der Waals surface area (Å²) in [5, 5.41) is 15.6. The molecule has 1 amide bonds. The van der Waals surface area contributed by atoms with E-state index >= 15 is 0 Å². The highest BCUT2D eigenvalue weighted by Crippen LogP contribution is 2.37. The molecule has 1 aliphatic heterocycles. The van der Waals surface area contributed by atoms with Crippen molar-refractivity contribution in [2.24, 2.45) is 0 Å². The summed E-state index contributed by atoms with van der Waals surface area (Å²) in [7, 11) is 0. The van der Waals surface area contributed by atoms with Crippen LogP contribution in [0, 0.1) is 0 Å². The maximum absolute atomic E-state index is 12.3. The number of carbonyl (C=O) groups excluding carboxylic acids is 2. The molecule has 0 atom stereocenters. The van der Waals surface area contributed by atoms with Crippen LogP contribution >= 0.6 is 11.6 Å². The first kappa shape index (κ1) is 16.0. The molecule has 2 aromatic carbocycles. The summed E-state index contributed by atoms with van der Waals surface area (Å²) in [6, 6.07) is 11.0. The van der Waals surface area contributed by atoms with Gasteiger partial charge in [-0.3, -0.25) is 9.59 Å². The third-order valence-electron chi connectivity index (χ3n) is 3.99. The Labute approximate surface area is 151 Å². The second-order valence-corrected chi connectivity index (χ2v) is 6.10. The van der Waals surface area contributed by atoms with Gasteiger partial charge in [-0.1, -0.05) is 23.7 Å². The number of hydrogen-bond acceptors (Lipinski definition) is 5. The standard InChI is InChI=1S/C18H10ClN3O4/c19-9-2-1-3-10(7-9)20-16-14-13(15(23)17(24)22-14)11-5-4-8(18(25)26)6-12(11)21-16/h1-7H,(H,20,21)(H,25,26)(H,22,23,24). The van der Waals surface area contributed by atoms with Gasteiger partial charge in [0.05, 0.1) is 22.3 Å². The fourth-order valence-electron chi connectivity index (χ4n) is 2.83. The molecule has 8 heteroatoms. The molecule has 7 nitrogen and oxygen atoms in total. The fourth-order valence-corrected chi connectivity index (χ4v) is 3.02. The number of carbonyl (C=O) groups is 3. The summed E-state index contributed by atoms with van der Waals surface area (Å²) in [4.78, 5) is 39.8. The zero-order valence-corrected chi connectivity index (χ0v) is 13.8. The van der Waals surface area contributed by atoms with E-state index in [9.17, 15) is 19.5 Å². The van der Waals surface area contributed by atoms with E-state index in [1.807, 2.05) is 0 Å². The van der Waals surface area contributed by atoms with Gasteiger partial charge in [-0.15, -0.1) is 0 Å². The van der Waals surface area contributed by atoms with Gasteiger partial charge in [0, 0.05) is 16.1 Å². The van der Waals surface area contributed by atoms with Gasteiger partial charge >= 0.3 is 5.97 Å².